The van der Waals surface area contributed by atoms with E-state index < -0.39 is 0 Å². The molecule has 5 heteroatoms. The number of likely N-dealkylation sites (N-methyl/N-ethyl adjacent to an activating group) is 1. The Labute approximate surface area is 102 Å². The zero-order valence-corrected chi connectivity index (χ0v) is 10.8. The molecule has 0 spiro atoms. The molecule has 0 aliphatic heterocycles. The van der Waals surface area contributed by atoms with E-state index in [1.54, 1.807) is 31.3 Å². The van der Waals surface area contributed by atoms with Gasteiger partial charge >= 0.3 is 0 Å². The molecule has 1 aromatic heterocycles. The second kappa shape index (κ2) is 6.51. The maximum absolute atomic E-state index is 14.1. The Hall–Kier alpha value is -1.20. The van der Waals surface area contributed by atoms with Gasteiger partial charge in [-0.1, -0.05) is 0 Å². The van der Waals surface area contributed by atoms with Crippen molar-refractivity contribution >= 4 is 5.82 Å². The highest BCUT2D eigenvalue weighted by molar-refractivity contribution is 5.43. The van der Waals surface area contributed by atoms with Crippen molar-refractivity contribution in [1.82, 2.24) is 10.3 Å². The summed E-state index contributed by atoms with van der Waals surface area (Å²) in [6.07, 6.45) is 1.63. The second-order valence-corrected chi connectivity index (χ2v) is 4.05. The molecule has 1 rings (SSSR count). The number of hydrogen-bond donors (Lipinski definition) is 1. The average molecular weight is 241 g/mol. The summed E-state index contributed by atoms with van der Waals surface area (Å²) in [4.78, 5) is 5.88. The molecule has 0 aliphatic rings. The van der Waals surface area contributed by atoms with Gasteiger partial charge in [-0.25, -0.2) is 9.37 Å². The molecule has 4 nitrogen and oxygen atoms in total. The van der Waals surface area contributed by atoms with Crippen LogP contribution < -0.4 is 10.2 Å². The fourth-order valence-electron chi connectivity index (χ4n) is 1.61. The molecule has 0 aromatic carbocycles. The van der Waals surface area contributed by atoms with Crippen molar-refractivity contribution in [2.24, 2.45) is 0 Å². The number of halogens is 1. The van der Waals surface area contributed by atoms with Crippen molar-refractivity contribution in [2.75, 3.05) is 32.7 Å². The molecular weight excluding hydrogens is 221 g/mol. The van der Waals surface area contributed by atoms with Gasteiger partial charge in [-0.05, 0) is 20.0 Å². The normalized spacial score (nSPS) is 12.5. The van der Waals surface area contributed by atoms with E-state index >= 15 is 0 Å². The van der Waals surface area contributed by atoms with Gasteiger partial charge in [0.05, 0.1) is 12.6 Å². The molecule has 96 valence electrons. The fourth-order valence-corrected chi connectivity index (χ4v) is 1.61. The molecule has 1 N–H and O–H groups in total. The molecule has 17 heavy (non-hydrogen) atoms. The molecule has 0 saturated heterocycles. The Bertz CT molecular complexity index is 360. The third-order valence-electron chi connectivity index (χ3n) is 2.72. The zero-order chi connectivity index (χ0) is 12.8. The van der Waals surface area contributed by atoms with Crippen molar-refractivity contribution in [1.29, 1.82) is 0 Å². The molecule has 0 radical (unpaired) electrons. The predicted octanol–water partition coefficient (Wildman–Crippen LogP) is 1.41. The van der Waals surface area contributed by atoms with Crippen LogP contribution in [0, 0.1) is 5.82 Å². The van der Waals surface area contributed by atoms with Crippen LogP contribution in [0.2, 0.25) is 0 Å². The van der Waals surface area contributed by atoms with Crippen LogP contribution in [0.25, 0.3) is 0 Å². The molecule has 1 heterocycles. The van der Waals surface area contributed by atoms with Gasteiger partial charge in [0, 0.05) is 32.5 Å². The lowest BCUT2D eigenvalue weighted by atomic mass is 10.2. The quantitative estimate of drug-likeness (QED) is 0.817. The molecule has 1 aromatic rings. The SMILES string of the molecule is CNCc1ccnc(N(C)C(C)COC)c1F. The molecule has 0 amide bonds. The largest absolute Gasteiger partial charge is 0.383 e. The Kier molecular flexibility index (Phi) is 5.31. The van der Waals surface area contributed by atoms with Crippen molar-refractivity contribution < 1.29 is 9.13 Å². The number of nitrogens with zero attached hydrogens (tertiary/aromatic N) is 2. The van der Waals surface area contributed by atoms with Gasteiger partial charge in [0.1, 0.15) is 0 Å². The Balaban J connectivity index is 2.93. The summed E-state index contributed by atoms with van der Waals surface area (Å²) in [6.45, 7) is 3.00. The second-order valence-electron chi connectivity index (χ2n) is 4.05. The van der Waals surface area contributed by atoms with Gasteiger partial charge in [0.2, 0.25) is 0 Å². The highest BCUT2D eigenvalue weighted by Crippen LogP contribution is 2.20. The van der Waals surface area contributed by atoms with Gasteiger partial charge in [-0.15, -0.1) is 0 Å². The molecule has 0 fully saturated rings. The van der Waals surface area contributed by atoms with Gasteiger partial charge in [-0.2, -0.15) is 0 Å². The van der Waals surface area contributed by atoms with Crippen LogP contribution in [0.1, 0.15) is 12.5 Å². The molecule has 0 bridgehead atoms. The summed E-state index contributed by atoms with van der Waals surface area (Å²) in [5, 5.41) is 2.93. The predicted molar refractivity (Wildman–Crippen MR) is 66.7 cm³/mol. The lowest BCUT2D eigenvalue weighted by molar-refractivity contribution is 0.183. The maximum atomic E-state index is 14.1. The monoisotopic (exact) mass is 241 g/mol. The minimum atomic E-state index is -0.271. The van der Waals surface area contributed by atoms with Gasteiger partial charge in [-0.3, -0.25) is 0 Å². The van der Waals surface area contributed by atoms with Crippen LogP contribution in [0.3, 0.4) is 0 Å². The van der Waals surface area contributed by atoms with E-state index in [9.17, 15) is 4.39 Å². The van der Waals surface area contributed by atoms with E-state index in [2.05, 4.69) is 10.3 Å². The number of anilines is 1. The van der Waals surface area contributed by atoms with Crippen molar-refractivity contribution in [3.05, 3.63) is 23.6 Å². The van der Waals surface area contributed by atoms with Crippen LogP contribution in [0.4, 0.5) is 10.2 Å². The van der Waals surface area contributed by atoms with Crippen molar-refractivity contribution in [3.63, 3.8) is 0 Å². The number of aromatic nitrogens is 1. The summed E-state index contributed by atoms with van der Waals surface area (Å²) < 4.78 is 19.2. The molecule has 0 aliphatic carbocycles. The lowest BCUT2D eigenvalue weighted by Gasteiger charge is -2.26. The molecule has 1 unspecified atom stereocenters. The molecule has 0 saturated carbocycles. The maximum Gasteiger partial charge on any atom is 0.170 e. The zero-order valence-electron chi connectivity index (χ0n) is 10.8. The summed E-state index contributed by atoms with van der Waals surface area (Å²) >= 11 is 0. The highest BCUT2D eigenvalue weighted by atomic mass is 19.1. The minimum absolute atomic E-state index is 0.0758. The van der Waals surface area contributed by atoms with E-state index in [4.69, 9.17) is 4.74 Å². The summed E-state index contributed by atoms with van der Waals surface area (Å²) in [5.74, 6) is 0.0922. The van der Waals surface area contributed by atoms with E-state index in [1.165, 1.54) is 0 Å². The van der Waals surface area contributed by atoms with Crippen LogP contribution in [-0.2, 0) is 11.3 Å². The van der Waals surface area contributed by atoms with E-state index in [0.29, 0.717) is 24.5 Å². The average Bonchev–Trinajstić information content (AvgIpc) is 2.31. The van der Waals surface area contributed by atoms with E-state index in [1.807, 2.05) is 14.0 Å². The molecular formula is C12H20FN3O. The Morgan fingerprint density at radius 1 is 1.59 bits per heavy atom. The molecule has 1 atom stereocenters. The first-order valence-electron chi connectivity index (χ1n) is 5.61. The first kappa shape index (κ1) is 13.9. The topological polar surface area (TPSA) is 37.4 Å². The third-order valence-corrected chi connectivity index (χ3v) is 2.72. The van der Waals surface area contributed by atoms with Crippen molar-refractivity contribution in [3.8, 4) is 0 Å². The number of rotatable bonds is 6. The van der Waals surface area contributed by atoms with Crippen LogP contribution in [0.5, 0.6) is 0 Å². The van der Waals surface area contributed by atoms with E-state index in [0.717, 1.165) is 0 Å². The number of ether oxygens (including phenoxy) is 1. The Morgan fingerprint density at radius 3 is 2.88 bits per heavy atom. The highest BCUT2D eigenvalue weighted by Gasteiger charge is 2.17. The van der Waals surface area contributed by atoms with Crippen LogP contribution >= 0.6 is 0 Å². The number of nitrogens with one attached hydrogen (secondary N) is 1. The van der Waals surface area contributed by atoms with Crippen LogP contribution in [-0.4, -0.2) is 38.8 Å². The number of methoxy groups -OCH3 is 1. The summed E-state index contributed by atoms with van der Waals surface area (Å²) in [6, 6.07) is 1.76. The fraction of sp³-hybridized carbons (Fsp3) is 0.583. The summed E-state index contributed by atoms with van der Waals surface area (Å²) in [7, 11) is 5.24. The lowest BCUT2D eigenvalue weighted by Crippen LogP contribution is -2.34. The summed E-state index contributed by atoms with van der Waals surface area (Å²) in [5.41, 5.74) is 0.619. The number of pyridine rings is 1. The van der Waals surface area contributed by atoms with Crippen LogP contribution in [0.15, 0.2) is 12.3 Å². The minimum Gasteiger partial charge on any atom is -0.383 e. The van der Waals surface area contributed by atoms with Gasteiger partial charge in [0.25, 0.3) is 0 Å². The van der Waals surface area contributed by atoms with E-state index in [-0.39, 0.29) is 11.9 Å². The Morgan fingerprint density at radius 2 is 2.29 bits per heavy atom. The van der Waals surface area contributed by atoms with Gasteiger partial charge < -0.3 is 15.0 Å². The van der Waals surface area contributed by atoms with Crippen molar-refractivity contribution in [2.45, 2.75) is 19.5 Å². The first-order chi connectivity index (χ1) is 8.11. The smallest absolute Gasteiger partial charge is 0.170 e. The first-order valence-corrected chi connectivity index (χ1v) is 5.61. The number of hydrogen-bond acceptors (Lipinski definition) is 4. The third kappa shape index (κ3) is 3.38. The van der Waals surface area contributed by atoms with Gasteiger partial charge in [0.15, 0.2) is 11.6 Å². The standard InChI is InChI=1S/C12H20FN3O/c1-9(8-17-4)16(3)12-11(13)10(7-14-2)5-6-15-12/h5-6,9,14H,7-8H2,1-4H3.